The van der Waals surface area contributed by atoms with E-state index in [1.807, 2.05) is 6.92 Å². The van der Waals surface area contributed by atoms with Crippen LogP contribution in [0.15, 0.2) is 0 Å². The Morgan fingerprint density at radius 1 is 1.56 bits per heavy atom. The van der Waals surface area contributed by atoms with Crippen LogP contribution in [-0.2, 0) is 9.68 Å². The van der Waals surface area contributed by atoms with Crippen molar-refractivity contribution in [3.05, 3.63) is 0 Å². The molecule has 0 rings (SSSR count). The van der Waals surface area contributed by atoms with Gasteiger partial charge in [-0.2, -0.15) is 0 Å². The molecule has 0 aromatic rings. The van der Waals surface area contributed by atoms with Crippen LogP contribution >= 0.6 is 0 Å². The molecule has 4 heteroatoms. The van der Waals surface area contributed by atoms with Gasteiger partial charge in [-0.25, -0.2) is 0 Å². The summed E-state index contributed by atoms with van der Waals surface area (Å²) >= 11 is 0. The van der Waals surface area contributed by atoms with Crippen LogP contribution in [0.3, 0.4) is 0 Å². The van der Waals surface area contributed by atoms with Crippen LogP contribution in [0.2, 0.25) is 0 Å². The van der Waals surface area contributed by atoms with Crippen LogP contribution in [0.4, 0.5) is 0 Å². The average Bonchev–Trinajstić information content (AvgIpc) is 1.88. The second-order valence-corrected chi connectivity index (χ2v) is 1.45. The fourth-order valence-electron chi connectivity index (χ4n) is 0.458. The minimum atomic E-state index is 0.536. The molecular formula is C5H14N2O2. The number of rotatable bonds is 5. The molecule has 9 heavy (non-hydrogen) atoms. The standard InChI is InChI=1S/C5H14N2O2/c1-3-9-7(8-2)5-4-6/h3-6H2,1-2H3. The van der Waals surface area contributed by atoms with E-state index in [9.17, 15) is 0 Å². The van der Waals surface area contributed by atoms with E-state index in [1.54, 1.807) is 7.11 Å². The van der Waals surface area contributed by atoms with Gasteiger partial charge in [0.1, 0.15) is 0 Å². The van der Waals surface area contributed by atoms with Gasteiger partial charge in [0.05, 0.1) is 20.3 Å². The van der Waals surface area contributed by atoms with Gasteiger partial charge in [0.2, 0.25) is 0 Å². The fraction of sp³-hybridized carbons (Fsp3) is 1.00. The highest BCUT2D eigenvalue weighted by Gasteiger charge is 1.97. The van der Waals surface area contributed by atoms with Crippen molar-refractivity contribution >= 4 is 0 Å². The van der Waals surface area contributed by atoms with Crippen molar-refractivity contribution in [2.45, 2.75) is 6.92 Å². The molecule has 0 atom stereocenters. The van der Waals surface area contributed by atoms with Crippen LogP contribution in [0.5, 0.6) is 0 Å². The molecule has 4 nitrogen and oxygen atoms in total. The van der Waals surface area contributed by atoms with Crippen molar-refractivity contribution in [1.29, 1.82) is 0 Å². The summed E-state index contributed by atoms with van der Waals surface area (Å²) in [4.78, 5) is 9.72. The van der Waals surface area contributed by atoms with Gasteiger partial charge in [0.25, 0.3) is 0 Å². The van der Waals surface area contributed by atoms with Crippen molar-refractivity contribution in [3.8, 4) is 0 Å². The van der Waals surface area contributed by atoms with E-state index >= 15 is 0 Å². The molecule has 0 aromatic carbocycles. The predicted octanol–water partition coefficient (Wildman–Crippen LogP) is -0.240. The van der Waals surface area contributed by atoms with Crippen LogP contribution in [0.1, 0.15) is 6.92 Å². The quantitative estimate of drug-likeness (QED) is 0.527. The van der Waals surface area contributed by atoms with Gasteiger partial charge in [0.15, 0.2) is 0 Å². The molecular weight excluding hydrogens is 120 g/mol. The number of hydrogen-bond donors (Lipinski definition) is 1. The third kappa shape index (κ3) is 4.35. The molecule has 0 radical (unpaired) electrons. The number of nitrogens with two attached hydrogens (primary N) is 1. The third-order valence-electron chi connectivity index (χ3n) is 0.788. The molecule has 0 spiro atoms. The lowest BCUT2D eigenvalue weighted by Gasteiger charge is -2.15. The van der Waals surface area contributed by atoms with Crippen LogP contribution in [-0.4, -0.2) is 32.0 Å². The molecule has 0 fully saturated rings. The van der Waals surface area contributed by atoms with E-state index in [4.69, 9.17) is 15.4 Å². The molecule has 2 N–H and O–H groups in total. The zero-order chi connectivity index (χ0) is 7.11. The summed E-state index contributed by atoms with van der Waals surface area (Å²) in [6.07, 6.45) is 0. The lowest BCUT2D eigenvalue weighted by Crippen LogP contribution is -2.28. The molecule has 0 aromatic heterocycles. The van der Waals surface area contributed by atoms with Gasteiger partial charge in [-0.1, -0.05) is 5.23 Å². The Kier molecular flexibility index (Phi) is 5.86. The predicted molar refractivity (Wildman–Crippen MR) is 34.4 cm³/mol. The Morgan fingerprint density at radius 3 is 2.56 bits per heavy atom. The Hall–Kier alpha value is -0.160. The maximum Gasteiger partial charge on any atom is 0.0683 e. The highest BCUT2D eigenvalue weighted by atomic mass is 16.9. The minimum absolute atomic E-state index is 0.536. The normalized spacial score (nSPS) is 10.7. The lowest BCUT2D eigenvalue weighted by atomic mass is 10.7. The van der Waals surface area contributed by atoms with Crippen molar-refractivity contribution in [1.82, 2.24) is 5.23 Å². The molecule has 0 saturated heterocycles. The highest BCUT2D eigenvalue weighted by molar-refractivity contribution is 4.31. The maximum atomic E-state index is 5.23. The topological polar surface area (TPSA) is 47.7 Å². The first-order chi connectivity index (χ1) is 4.35. The summed E-state index contributed by atoms with van der Waals surface area (Å²) in [7, 11) is 1.55. The second kappa shape index (κ2) is 5.97. The molecule has 0 bridgehead atoms. The van der Waals surface area contributed by atoms with Crippen molar-refractivity contribution in [2.75, 3.05) is 26.8 Å². The van der Waals surface area contributed by atoms with Gasteiger partial charge in [0, 0.05) is 6.54 Å². The summed E-state index contributed by atoms with van der Waals surface area (Å²) in [6, 6.07) is 0. The van der Waals surface area contributed by atoms with E-state index in [-0.39, 0.29) is 0 Å². The van der Waals surface area contributed by atoms with Gasteiger partial charge < -0.3 is 5.73 Å². The fourth-order valence-corrected chi connectivity index (χ4v) is 0.458. The number of hydroxylamine groups is 2. The number of hydrogen-bond acceptors (Lipinski definition) is 4. The molecule has 0 amide bonds. The third-order valence-corrected chi connectivity index (χ3v) is 0.788. The molecule has 0 heterocycles. The van der Waals surface area contributed by atoms with E-state index in [0.717, 1.165) is 0 Å². The molecule has 0 aliphatic heterocycles. The van der Waals surface area contributed by atoms with Gasteiger partial charge in [-0.3, -0.25) is 9.68 Å². The van der Waals surface area contributed by atoms with E-state index in [1.165, 1.54) is 5.23 Å². The average molecular weight is 134 g/mol. The van der Waals surface area contributed by atoms with Crippen LogP contribution < -0.4 is 5.73 Å². The summed E-state index contributed by atoms with van der Waals surface area (Å²) < 4.78 is 0. The van der Waals surface area contributed by atoms with E-state index < -0.39 is 0 Å². The summed E-state index contributed by atoms with van der Waals surface area (Å²) in [6.45, 7) is 3.63. The smallest absolute Gasteiger partial charge is 0.0683 e. The SMILES string of the molecule is CCON(CCN)OC. The second-order valence-electron chi connectivity index (χ2n) is 1.45. The van der Waals surface area contributed by atoms with Crippen LogP contribution in [0, 0.1) is 0 Å². The molecule has 56 valence electrons. The molecule has 0 saturated carbocycles. The van der Waals surface area contributed by atoms with Crippen molar-refractivity contribution < 1.29 is 9.68 Å². The summed E-state index contributed by atoms with van der Waals surface area (Å²) in [5.74, 6) is 0. The molecule has 0 aliphatic rings. The van der Waals surface area contributed by atoms with Crippen LogP contribution in [0.25, 0.3) is 0 Å². The van der Waals surface area contributed by atoms with Crippen molar-refractivity contribution in [3.63, 3.8) is 0 Å². The Bertz CT molecular complexity index is 54.9. The minimum Gasteiger partial charge on any atom is -0.329 e. The summed E-state index contributed by atoms with van der Waals surface area (Å²) in [5, 5.41) is 1.36. The molecule has 0 unspecified atom stereocenters. The van der Waals surface area contributed by atoms with Gasteiger partial charge in [-0.15, -0.1) is 0 Å². The largest absolute Gasteiger partial charge is 0.329 e. The Morgan fingerprint density at radius 2 is 2.22 bits per heavy atom. The monoisotopic (exact) mass is 134 g/mol. The Balaban J connectivity index is 3.18. The van der Waals surface area contributed by atoms with E-state index in [2.05, 4.69) is 0 Å². The Labute approximate surface area is 55.4 Å². The first-order valence-corrected chi connectivity index (χ1v) is 2.99. The lowest BCUT2D eigenvalue weighted by molar-refractivity contribution is -0.352. The number of nitrogens with zero attached hydrogens (tertiary/aromatic N) is 1. The van der Waals surface area contributed by atoms with Gasteiger partial charge in [-0.05, 0) is 6.92 Å². The van der Waals surface area contributed by atoms with E-state index in [0.29, 0.717) is 19.7 Å². The summed E-state index contributed by atoms with van der Waals surface area (Å²) in [5.41, 5.74) is 5.23. The first-order valence-electron chi connectivity index (χ1n) is 2.99. The zero-order valence-corrected chi connectivity index (χ0v) is 5.96. The highest BCUT2D eigenvalue weighted by Crippen LogP contribution is 1.86. The zero-order valence-electron chi connectivity index (χ0n) is 5.96. The van der Waals surface area contributed by atoms with Crippen molar-refractivity contribution in [2.24, 2.45) is 5.73 Å². The molecule has 0 aliphatic carbocycles. The first kappa shape index (κ1) is 8.84. The maximum absolute atomic E-state index is 5.23. The van der Waals surface area contributed by atoms with Gasteiger partial charge >= 0.3 is 0 Å².